The molecule has 3 rings (SSSR count). The lowest BCUT2D eigenvalue weighted by Gasteiger charge is -2.01. The van der Waals surface area contributed by atoms with Crippen molar-refractivity contribution in [3.63, 3.8) is 0 Å². The minimum Gasteiger partial charge on any atom is -0.256 e. The Kier molecular flexibility index (Phi) is 2.41. The third-order valence-electron chi connectivity index (χ3n) is 2.31. The molecule has 78 valence electrons. The SMILES string of the molecule is Brc1ccc(-c2ccccn2)c2nsnc12. The van der Waals surface area contributed by atoms with Gasteiger partial charge < -0.3 is 0 Å². The van der Waals surface area contributed by atoms with Crippen LogP contribution in [-0.2, 0) is 0 Å². The van der Waals surface area contributed by atoms with Gasteiger partial charge in [-0.2, -0.15) is 8.75 Å². The number of nitrogens with zero attached hydrogens (tertiary/aromatic N) is 3. The Hall–Kier alpha value is -1.33. The first kappa shape index (κ1) is 9.86. The zero-order valence-electron chi connectivity index (χ0n) is 8.09. The molecule has 3 aromatic rings. The molecule has 0 fully saturated rings. The van der Waals surface area contributed by atoms with Crippen molar-refractivity contribution < 1.29 is 0 Å². The van der Waals surface area contributed by atoms with E-state index in [0.717, 1.165) is 26.8 Å². The van der Waals surface area contributed by atoms with Crippen molar-refractivity contribution in [1.29, 1.82) is 0 Å². The maximum atomic E-state index is 4.33. The van der Waals surface area contributed by atoms with E-state index >= 15 is 0 Å². The van der Waals surface area contributed by atoms with E-state index in [9.17, 15) is 0 Å². The van der Waals surface area contributed by atoms with Crippen molar-refractivity contribution in [2.75, 3.05) is 0 Å². The maximum Gasteiger partial charge on any atom is 0.119 e. The molecule has 0 saturated carbocycles. The molecule has 0 saturated heterocycles. The number of benzene rings is 1. The third-order valence-corrected chi connectivity index (χ3v) is 3.48. The molecular formula is C11H6BrN3S. The summed E-state index contributed by atoms with van der Waals surface area (Å²) in [6, 6.07) is 9.83. The molecule has 0 atom stereocenters. The van der Waals surface area contributed by atoms with Gasteiger partial charge in [0.05, 0.1) is 17.4 Å². The van der Waals surface area contributed by atoms with Crippen LogP contribution in [0.5, 0.6) is 0 Å². The number of rotatable bonds is 1. The molecule has 0 aliphatic rings. The first-order chi connectivity index (χ1) is 7.86. The van der Waals surface area contributed by atoms with Gasteiger partial charge in [0.15, 0.2) is 0 Å². The zero-order chi connectivity index (χ0) is 11.0. The van der Waals surface area contributed by atoms with Crippen LogP contribution in [0, 0.1) is 0 Å². The Labute approximate surface area is 105 Å². The summed E-state index contributed by atoms with van der Waals surface area (Å²) in [5, 5.41) is 0. The molecule has 16 heavy (non-hydrogen) atoms. The van der Waals surface area contributed by atoms with Crippen molar-refractivity contribution >= 4 is 38.7 Å². The first-order valence-corrected chi connectivity index (χ1v) is 6.21. The summed E-state index contributed by atoms with van der Waals surface area (Å²) in [5.74, 6) is 0. The molecule has 2 aromatic heterocycles. The van der Waals surface area contributed by atoms with Crippen LogP contribution in [0.2, 0.25) is 0 Å². The number of hydrogen-bond acceptors (Lipinski definition) is 4. The highest BCUT2D eigenvalue weighted by molar-refractivity contribution is 9.10. The second-order valence-corrected chi connectivity index (χ2v) is 4.65. The normalized spacial score (nSPS) is 10.8. The molecule has 2 heterocycles. The quantitative estimate of drug-likeness (QED) is 0.689. The van der Waals surface area contributed by atoms with Gasteiger partial charge in [0.2, 0.25) is 0 Å². The predicted molar refractivity (Wildman–Crippen MR) is 68.3 cm³/mol. The van der Waals surface area contributed by atoms with Crippen LogP contribution in [0.4, 0.5) is 0 Å². The Morgan fingerprint density at radius 1 is 1.00 bits per heavy atom. The van der Waals surface area contributed by atoms with E-state index in [0.29, 0.717) is 0 Å². The van der Waals surface area contributed by atoms with Crippen LogP contribution in [0.15, 0.2) is 41.0 Å². The standard InChI is InChI=1S/C11H6BrN3S/c12-8-5-4-7(9-3-1-2-6-13-9)10-11(8)15-16-14-10/h1-6H. The molecule has 0 amide bonds. The number of pyridine rings is 1. The number of fused-ring (bicyclic) bond motifs is 1. The zero-order valence-corrected chi connectivity index (χ0v) is 10.5. The molecule has 0 aliphatic heterocycles. The Balaban J connectivity index is 2.33. The molecule has 0 bridgehead atoms. The summed E-state index contributed by atoms with van der Waals surface area (Å²) < 4.78 is 9.55. The molecular weight excluding hydrogens is 286 g/mol. The summed E-state index contributed by atoms with van der Waals surface area (Å²) in [7, 11) is 0. The number of halogens is 1. The monoisotopic (exact) mass is 291 g/mol. The van der Waals surface area contributed by atoms with Gasteiger partial charge in [0, 0.05) is 16.2 Å². The average molecular weight is 292 g/mol. The summed E-state index contributed by atoms with van der Waals surface area (Å²) in [5.41, 5.74) is 3.74. The van der Waals surface area contributed by atoms with E-state index in [2.05, 4.69) is 29.7 Å². The van der Waals surface area contributed by atoms with E-state index in [1.165, 1.54) is 11.7 Å². The molecule has 3 nitrogen and oxygen atoms in total. The lowest BCUT2D eigenvalue weighted by Crippen LogP contribution is -1.84. The lowest BCUT2D eigenvalue weighted by molar-refractivity contribution is 1.33. The molecule has 0 aliphatic carbocycles. The fraction of sp³-hybridized carbons (Fsp3) is 0. The smallest absolute Gasteiger partial charge is 0.119 e. The van der Waals surface area contributed by atoms with Crippen molar-refractivity contribution in [3.05, 3.63) is 41.0 Å². The highest BCUT2D eigenvalue weighted by Crippen LogP contribution is 2.30. The van der Waals surface area contributed by atoms with E-state index in [4.69, 9.17) is 0 Å². The van der Waals surface area contributed by atoms with Gasteiger partial charge in [-0.05, 0) is 40.2 Å². The van der Waals surface area contributed by atoms with Crippen LogP contribution in [0.3, 0.4) is 0 Å². The van der Waals surface area contributed by atoms with Crippen LogP contribution in [0.25, 0.3) is 22.3 Å². The van der Waals surface area contributed by atoms with Crippen molar-refractivity contribution in [2.45, 2.75) is 0 Å². The van der Waals surface area contributed by atoms with Gasteiger partial charge >= 0.3 is 0 Å². The van der Waals surface area contributed by atoms with Crippen LogP contribution < -0.4 is 0 Å². The minimum absolute atomic E-state index is 0.896. The molecule has 0 N–H and O–H groups in total. The first-order valence-electron chi connectivity index (χ1n) is 4.68. The molecule has 0 unspecified atom stereocenters. The highest BCUT2D eigenvalue weighted by atomic mass is 79.9. The van der Waals surface area contributed by atoms with Gasteiger partial charge in [0.25, 0.3) is 0 Å². The second kappa shape index (κ2) is 3.92. The van der Waals surface area contributed by atoms with E-state index in [1.54, 1.807) is 6.20 Å². The van der Waals surface area contributed by atoms with Crippen LogP contribution in [-0.4, -0.2) is 13.7 Å². The predicted octanol–water partition coefficient (Wildman–Crippen LogP) is 3.52. The second-order valence-electron chi connectivity index (χ2n) is 3.27. The maximum absolute atomic E-state index is 4.33. The summed E-state index contributed by atoms with van der Waals surface area (Å²) in [6.45, 7) is 0. The largest absolute Gasteiger partial charge is 0.256 e. The van der Waals surface area contributed by atoms with Crippen molar-refractivity contribution in [1.82, 2.24) is 13.7 Å². The number of aromatic nitrogens is 3. The van der Waals surface area contributed by atoms with Gasteiger partial charge in [-0.1, -0.05) is 6.07 Å². The van der Waals surface area contributed by atoms with Crippen LogP contribution >= 0.6 is 27.7 Å². The fourth-order valence-corrected chi connectivity index (χ4v) is 2.66. The van der Waals surface area contributed by atoms with Gasteiger partial charge in [-0.25, -0.2) is 0 Å². The number of hydrogen-bond donors (Lipinski definition) is 0. The molecule has 5 heteroatoms. The molecule has 0 spiro atoms. The van der Waals surface area contributed by atoms with Gasteiger partial charge in [0.1, 0.15) is 11.0 Å². The van der Waals surface area contributed by atoms with E-state index < -0.39 is 0 Å². The summed E-state index contributed by atoms with van der Waals surface area (Å²) in [4.78, 5) is 4.33. The average Bonchev–Trinajstić information content (AvgIpc) is 2.81. The minimum atomic E-state index is 0.896. The summed E-state index contributed by atoms with van der Waals surface area (Å²) in [6.07, 6.45) is 1.78. The highest BCUT2D eigenvalue weighted by Gasteiger charge is 2.10. The lowest BCUT2D eigenvalue weighted by atomic mass is 10.1. The molecule has 0 radical (unpaired) electrons. The Morgan fingerprint density at radius 2 is 1.88 bits per heavy atom. The van der Waals surface area contributed by atoms with Crippen LogP contribution in [0.1, 0.15) is 0 Å². The van der Waals surface area contributed by atoms with Crippen molar-refractivity contribution in [3.8, 4) is 11.3 Å². The Morgan fingerprint density at radius 3 is 2.69 bits per heavy atom. The van der Waals surface area contributed by atoms with Gasteiger partial charge in [-0.3, -0.25) is 4.98 Å². The van der Waals surface area contributed by atoms with E-state index in [-0.39, 0.29) is 0 Å². The molecule has 1 aromatic carbocycles. The van der Waals surface area contributed by atoms with Gasteiger partial charge in [-0.15, -0.1) is 0 Å². The van der Waals surface area contributed by atoms with Crippen molar-refractivity contribution in [2.24, 2.45) is 0 Å². The topological polar surface area (TPSA) is 38.7 Å². The summed E-state index contributed by atoms with van der Waals surface area (Å²) >= 11 is 4.68. The third kappa shape index (κ3) is 1.52. The fourth-order valence-electron chi connectivity index (χ4n) is 1.57. The Bertz CT molecular complexity index is 636. The van der Waals surface area contributed by atoms with E-state index in [1.807, 2.05) is 30.3 Å².